The van der Waals surface area contributed by atoms with Gasteiger partial charge in [-0.1, -0.05) is 41.4 Å². The molecule has 0 saturated heterocycles. The fourth-order valence-corrected chi connectivity index (χ4v) is 3.56. The number of pyridine rings is 1. The van der Waals surface area contributed by atoms with Crippen molar-refractivity contribution in [3.63, 3.8) is 0 Å². The van der Waals surface area contributed by atoms with Gasteiger partial charge >= 0.3 is 5.69 Å². The first-order chi connectivity index (χ1) is 13.6. The van der Waals surface area contributed by atoms with Gasteiger partial charge in [-0.05, 0) is 31.0 Å². The van der Waals surface area contributed by atoms with Gasteiger partial charge < -0.3 is 5.11 Å². The summed E-state index contributed by atoms with van der Waals surface area (Å²) in [5.41, 5.74) is 2.06. The van der Waals surface area contributed by atoms with E-state index in [9.17, 15) is 4.79 Å². The van der Waals surface area contributed by atoms with Crippen molar-refractivity contribution < 1.29 is 5.11 Å². The Morgan fingerprint density at radius 2 is 1.93 bits per heavy atom. The van der Waals surface area contributed by atoms with Crippen molar-refractivity contribution in [1.29, 1.82) is 0 Å². The number of hydrogen-bond donors (Lipinski definition) is 1. The maximum atomic E-state index is 13.0. The monoisotopic (exact) mass is 417 g/mol. The summed E-state index contributed by atoms with van der Waals surface area (Å²) in [6, 6.07) is 10.7. The number of aliphatic hydroxyl groups excluding tert-OH is 1. The van der Waals surface area contributed by atoms with Crippen LogP contribution in [0.15, 0.2) is 46.2 Å². The van der Waals surface area contributed by atoms with Crippen LogP contribution in [0, 0.1) is 0 Å². The van der Waals surface area contributed by atoms with Gasteiger partial charge in [0.05, 0.1) is 16.4 Å². The van der Waals surface area contributed by atoms with Crippen molar-refractivity contribution in [2.75, 3.05) is 6.61 Å². The Kier molecular flexibility index (Phi) is 5.30. The molecule has 0 bridgehead atoms. The zero-order chi connectivity index (χ0) is 19.7. The number of halogens is 2. The molecular formula is C19H17Cl2N5O2. The summed E-state index contributed by atoms with van der Waals surface area (Å²) in [5, 5.41) is 14.2. The number of aliphatic hydroxyl groups is 1. The predicted octanol–water partition coefficient (Wildman–Crippen LogP) is 2.86. The number of nitrogens with zero attached hydrogens (tertiary/aromatic N) is 5. The molecule has 0 fully saturated rings. The molecule has 0 atom stereocenters. The van der Waals surface area contributed by atoms with E-state index in [1.807, 2.05) is 18.2 Å². The smallest absolute Gasteiger partial charge is 0.350 e. The van der Waals surface area contributed by atoms with E-state index >= 15 is 0 Å². The third-order valence-electron chi connectivity index (χ3n) is 4.50. The SMILES string of the molecule is O=c1n(CCCCO)nc2n1-c1ccc(Cl)nc1C(c1ccccc1Cl)=NC2. The molecule has 0 spiro atoms. The summed E-state index contributed by atoms with van der Waals surface area (Å²) in [7, 11) is 0. The van der Waals surface area contributed by atoms with Crippen molar-refractivity contribution in [3.8, 4) is 5.69 Å². The van der Waals surface area contributed by atoms with Gasteiger partial charge in [-0.15, -0.1) is 0 Å². The van der Waals surface area contributed by atoms with Crippen molar-refractivity contribution >= 4 is 28.9 Å². The van der Waals surface area contributed by atoms with E-state index in [4.69, 9.17) is 28.3 Å². The Bertz CT molecular complexity index is 1120. The second-order valence-corrected chi connectivity index (χ2v) is 7.13. The lowest BCUT2D eigenvalue weighted by atomic mass is 10.1. The molecule has 3 heterocycles. The molecule has 0 unspecified atom stereocenters. The molecule has 1 aliphatic heterocycles. The lowest BCUT2D eigenvalue weighted by Gasteiger charge is -2.11. The molecule has 4 rings (SSSR count). The molecule has 1 N–H and O–H groups in total. The van der Waals surface area contributed by atoms with Crippen LogP contribution in [0.2, 0.25) is 10.2 Å². The summed E-state index contributed by atoms with van der Waals surface area (Å²) >= 11 is 12.5. The Hall–Kier alpha value is -2.48. The van der Waals surface area contributed by atoms with Crippen LogP contribution < -0.4 is 5.69 Å². The quantitative estimate of drug-likeness (QED) is 0.510. The molecule has 2 aromatic heterocycles. The summed E-state index contributed by atoms with van der Waals surface area (Å²) in [6.07, 6.45) is 1.27. The molecule has 1 aliphatic rings. The van der Waals surface area contributed by atoms with Crippen LogP contribution in [-0.2, 0) is 13.1 Å². The number of unbranched alkanes of at least 4 members (excludes halogenated alkanes) is 1. The van der Waals surface area contributed by atoms with Crippen molar-refractivity contribution in [3.05, 3.63) is 74.1 Å². The number of aryl methyl sites for hydroxylation is 1. The van der Waals surface area contributed by atoms with Gasteiger partial charge in [-0.2, -0.15) is 5.10 Å². The lowest BCUT2D eigenvalue weighted by molar-refractivity contribution is 0.279. The molecule has 0 saturated carbocycles. The predicted molar refractivity (Wildman–Crippen MR) is 108 cm³/mol. The number of aromatic nitrogens is 4. The lowest BCUT2D eigenvalue weighted by Crippen LogP contribution is -2.26. The minimum Gasteiger partial charge on any atom is -0.396 e. The standard InChI is InChI=1S/C19H17Cl2N5O2/c20-13-6-2-1-5-12(13)17-18-14(7-8-15(21)23-18)26-16(11-22-17)24-25(19(26)28)9-3-4-10-27/h1-2,5-8,27H,3-4,9-11H2. The highest BCUT2D eigenvalue weighted by Crippen LogP contribution is 2.26. The summed E-state index contributed by atoms with van der Waals surface area (Å²) < 4.78 is 2.92. The van der Waals surface area contributed by atoms with Gasteiger partial charge in [0, 0.05) is 18.7 Å². The van der Waals surface area contributed by atoms with Gasteiger partial charge in [0.2, 0.25) is 0 Å². The van der Waals surface area contributed by atoms with E-state index < -0.39 is 0 Å². The molecular weight excluding hydrogens is 401 g/mol. The first kappa shape index (κ1) is 18.9. The summed E-state index contributed by atoms with van der Waals surface area (Å²) in [6.45, 7) is 0.715. The zero-order valence-corrected chi connectivity index (χ0v) is 16.4. The number of fused-ring (bicyclic) bond motifs is 3. The third-order valence-corrected chi connectivity index (χ3v) is 5.04. The van der Waals surface area contributed by atoms with Gasteiger partial charge in [0.15, 0.2) is 5.82 Å². The molecule has 1 aromatic carbocycles. The highest BCUT2D eigenvalue weighted by Gasteiger charge is 2.25. The second kappa shape index (κ2) is 7.87. The molecule has 0 radical (unpaired) electrons. The van der Waals surface area contributed by atoms with Crippen molar-refractivity contribution in [1.82, 2.24) is 19.3 Å². The molecule has 9 heteroatoms. The van der Waals surface area contributed by atoms with E-state index in [0.717, 1.165) is 0 Å². The Morgan fingerprint density at radius 3 is 2.71 bits per heavy atom. The van der Waals surface area contributed by atoms with Crippen LogP contribution in [0.4, 0.5) is 0 Å². The highest BCUT2D eigenvalue weighted by molar-refractivity contribution is 6.35. The second-order valence-electron chi connectivity index (χ2n) is 6.33. The highest BCUT2D eigenvalue weighted by atomic mass is 35.5. The van der Waals surface area contributed by atoms with E-state index in [0.29, 0.717) is 58.0 Å². The van der Waals surface area contributed by atoms with Gasteiger partial charge in [0.25, 0.3) is 0 Å². The Labute approximate surface area is 170 Å². The topological polar surface area (TPSA) is 85.3 Å². The third kappa shape index (κ3) is 3.37. The minimum absolute atomic E-state index is 0.0824. The number of rotatable bonds is 5. The van der Waals surface area contributed by atoms with Gasteiger partial charge in [0.1, 0.15) is 17.4 Å². The average Bonchev–Trinajstić information content (AvgIpc) is 2.90. The fourth-order valence-electron chi connectivity index (χ4n) is 3.19. The number of aliphatic imine (C=N–C) groups is 1. The maximum absolute atomic E-state index is 13.0. The molecule has 28 heavy (non-hydrogen) atoms. The van der Waals surface area contributed by atoms with Gasteiger partial charge in [-0.3, -0.25) is 4.99 Å². The molecule has 7 nitrogen and oxygen atoms in total. The number of hydrogen-bond acceptors (Lipinski definition) is 5. The van der Waals surface area contributed by atoms with Crippen molar-refractivity contribution in [2.45, 2.75) is 25.9 Å². The van der Waals surface area contributed by atoms with E-state index in [1.165, 1.54) is 9.25 Å². The van der Waals surface area contributed by atoms with Crippen LogP contribution in [0.3, 0.4) is 0 Å². The Morgan fingerprint density at radius 1 is 1.11 bits per heavy atom. The number of benzene rings is 1. The molecule has 0 amide bonds. The van der Waals surface area contributed by atoms with E-state index in [1.54, 1.807) is 18.2 Å². The first-order valence-corrected chi connectivity index (χ1v) is 9.62. The van der Waals surface area contributed by atoms with Crippen LogP contribution >= 0.6 is 23.2 Å². The van der Waals surface area contributed by atoms with E-state index in [2.05, 4.69) is 15.1 Å². The van der Waals surface area contributed by atoms with Crippen LogP contribution in [0.25, 0.3) is 5.69 Å². The van der Waals surface area contributed by atoms with Crippen LogP contribution in [0.1, 0.15) is 29.9 Å². The molecule has 3 aromatic rings. The van der Waals surface area contributed by atoms with Crippen molar-refractivity contribution in [2.24, 2.45) is 4.99 Å². The average molecular weight is 418 g/mol. The summed E-state index contributed by atoms with van der Waals surface area (Å²) in [4.78, 5) is 22.1. The minimum atomic E-state index is -0.270. The first-order valence-electron chi connectivity index (χ1n) is 8.86. The Balaban J connectivity index is 1.88. The molecule has 0 aliphatic carbocycles. The van der Waals surface area contributed by atoms with Crippen LogP contribution in [-0.4, -0.2) is 36.8 Å². The van der Waals surface area contributed by atoms with E-state index in [-0.39, 0.29) is 18.8 Å². The zero-order valence-electron chi connectivity index (χ0n) is 14.8. The fraction of sp³-hybridized carbons (Fsp3) is 0.263. The normalized spacial score (nSPS) is 12.9. The molecule has 144 valence electrons. The maximum Gasteiger partial charge on any atom is 0.350 e. The largest absolute Gasteiger partial charge is 0.396 e. The summed E-state index contributed by atoms with van der Waals surface area (Å²) in [5.74, 6) is 0.515. The van der Waals surface area contributed by atoms with Gasteiger partial charge in [-0.25, -0.2) is 19.0 Å². The van der Waals surface area contributed by atoms with Crippen LogP contribution in [0.5, 0.6) is 0 Å².